The number of benzene rings is 1. The molecule has 1 aromatic rings. The fourth-order valence-electron chi connectivity index (χ4n) is 1.18. The smallest absolute Gasteiger partial charge is 0.230 e. The van der Waals surface area contributed by atoms with Crippen LogP contribution in [0.25, 0.3) is 0 Å². The van der Waals surface area contributed by atoms with Gasteiger partial charge in [0.05, 0.1) is 19.5 Å². The quantitative estimate of drug-likeness (QED) is 0.752. The number of aliphatic hydroxyl groups is 1. The highest BCUT2D eigenvalue weighted by molar-refractivity contribution is 8.00. The van der Waals surface area contributed by atoms with Crippen LogP contribution in [0.2, 0.25) is 0 Å². The maximum atomic E-state index is 11.4. The van der Waals surface area contributed by atoms with Crippen molar-refractivity contribution in [3.8, 4) is 5.75 Å². The molecule has 1 aromatic carbocycles. The number of rotatable bonds is 6. The Hall–Kier alpha value is -1.20. The van der Waals surface area contributed by atoms with Crippen molar-refractivity contribution in [2.24, 2.45) is 0 Å². The van der Waals surface area contributed by atoms with E-state index in [1.807, 2.05) is 24.3 Å². The zero-order chi connectivity index (χ0) is 12.7. The first kappa shape index (κ1) is 13.9. The van der Waals surface area contributed by atoms with Crippen LogP contribution >= 0.6 is 11.8 Å². The van der Waals surface area contributed by atoms with E-state index in [0.29, 0.717) is 5.75 Å². The fraction of sp³-hybridized carbons (Fsp3) is 0.417. The molecular weight excluding hydrogens is 238 g/mol. The van der Waals surface area contributed by atoms with Crippen LogP contribution in [0.3, 0.4) is 0 Å². The molecule has 1 unspecified atom stereocenters. The Morgan fingerprint density at radius 1 is 1.47 bits per heavy atom. The zero-order valence-corrected chi connectivity index (χ0v) is 10.8. The molecule has 0 bridgehead atoms. The van der Waals surface area contributed by atoms with Gasteiger partial charge in [-0.2, -0.15) is 0 Å². The van der Waals surface area contributed by atoms with Crippen molar-refractivity contribution in [1.82, 2.24) is 5.32 Å². The van der Waals surface area contributed by atoms with Crippen molar-refractivity contribution in [3.63, 3.8) is 0 Å². The van der Waals surface area contributed by atoms with E-state index in [1.165, 1.54) is 11.8 Å². The summed E-state index contributed by atoms with van der Waals surface area (Å²) in [5.74, 6) is 1.07. The number of amides is 1. The number of ether oxygens (including phenoxy) is 1. The van der Waals surface area contributed by atoms with Gasteiger partial charge >= 0.3 is 0 Å². The first-order chi connectivity index (χ1) is 8.15. The summed E-state index contributed by atoms with van der Waals surface area (Å²) < 4.78 is 5.05. The molecule has 0 radical (unpaired) electrons. The van der Waals surface area contributed by atoms with Crippen LogP contribution in [0.1, 0.15) is 6.92 Å². The van der Waals surface area contributed by atoms with Gasteiger partial charge in [0.2, 0.25) is 5.91 Å². The second-order valence-electron chi connectivity index (χ2n) is 3.62. The number of hydrogen-bond acceptors (Lipinski definition) is 4. The molecule has 1 amide bonds. The molecule has 4 nitrogen and oxygen atoms in total. The number of methoxy groups -OCH3 is 1. The second kappa shape index (κ2) is 7.19. The van der Waals surface area contributed by atoms with Crippen LogP contribution in [0.15, 0.2) is 29.2 Å². The van der Waals surface area contributed by atoms with E-state index in [4.69, 9.17) is 9.84 Å². The Morgan fingerprint density at radius 3 is 2.65 bits per heavy atom. The first-order valence-corrected chi connectivity index (χ1v) is 6.31. The fourth-order valence-corrected chi connectivity index (χ4v) is 1.89. The zero-order valence-electron chi connectivity index (χ0n) is 9.97. The van der Waals surface area contributed by atoms with E-state index in [1.54, 1.807) is 14.0 Å². The minimum atomic E-state index is -0.195. The van der Waals surface area contributed by atoms with Crippen LogP contribution in [0, 0.1) is 0 Å². The predicted molar refractivity (Wildman–Crippen MR) is 68.4 cm³/mol. The summed E-state index contributed by atoms with van der Waals surface area (Å²) in [6.07, 6.45) is 0. The normalized spacial score (nSPS) is 11.9. The van der Waals surface area contributed by atoms with Gasteiger partial charge in [0.25, 0.3) is 0 Å². The number of nitrogens with one attached hydrogen (secondary N) is 1. The lowest BCUT2D eigenvalue weighted by Gasteiger charge is -2.10. The molecule has 0 aliphatic heterocycles. The standard InChI is InChI=1S/C12H17NO3S/c1-9(7-14)13-12(15)8-17-11-5-3-10(16-2)4-6-11/h3-6,9,14H,7-8H2,1-2H3,(H,13,15). The Balaban J connectivity index is 2.36. The molecule has 0 aliphatic rings. The molecule has 0 saturated carbocycles. The summed E-state index contributed by atoms with van der Waals surface area (Å²) in [6.45, 7) is 1.72. The monoisotopic (exact) mass is 255 g/mol. The summed E-state index contributed by atoms with van der Waals surface area (Å²) in [6, 6.07) is 7.34. The predicted octanol–water partition coefficient (Wildman–Crippen LogP) is 1.28. The van der Waals surface area contributed by atoms with Gasteiger partial charge in [-0.3, -0.25) is 4.79 Å². The highest BCUT2D eigenvalue weighted by atomic mass is 32.2. The summed E-state index contributed by atoms with van der Waals surface area (Å²) in [7, 11) is 1.62. The molecule has 0 fully saturated rings. The Labute approximate surface area is 105 Å². The summed E-state index contributed by atoms with van der Waals surface area (Å²) in [5.41, 5.74) is 0. The highest BCUT2D eigenvalue weighted by Crippen LogP contribution is 2.20. The molecular formula is C12H17NO3S. The number of thioether (sulfide) groups is 1. The van der Waals surface area contributed by atoms with Crippen molar-refractivity contribution >= 4 is 17.7 Å². The van der Waals surface area contributed by atoms with E-state index in [9.17, 15) is 4.79 Å². The molecule has 0 aliphatic carbocycles. The molecule has 0 aromatic heterocycles. The third-order valence-electron chi connectivity index (χ3n) is 2.11. The van der Waals surface area contributed by atoms with Gasteiger partial charge in [0.15, 0.2) is 0 Å². The van der Waals surface area contributed by atoms with Crippen LogP contribution in [0.4, 0.5) is 0 Å². The van der Waals surface area contributed by atoms with Gasteiger partial charge in [0, 0.05) is 10.9 Å². The summed E-state index contributed by atoms with van der Waals surface area (Å²) >= 11 is 1.45. The number of aliphatic hydroxyl groups excluding tert-OH is 1. The third-order valence-corrected chi connectivity index (χ3v) is 3.12. The molecule has 17 heavy (non-hydrogen) atoms. The van der Waals surface area contributed by atoms with Crippen molar-refractivity contribution < 1.29 is 14.6 Å². The second-order valence-corrected chi connectivity index (χ2v) is 4.66. The average molecular weight is 255 g/mol. The molecule has 1 rings (SSSR count). The Bertz CT molecular complexity index is 353. The van der Waals surface area contributed by atoms with Crippen LogP contribution in [0.5, 0.6) is 5.75 Å². The van der Waals surface area contributed by atoms with Gasteiger partial charge in [0.1, 0.15) is 5.75 Å². The van der Waals surface area contributed by atoms with Crippen LogP contribution < -0.4 is 10.1 Å². The van der Waals surface area contributed by atoms with E-state index >= 15 is 0 Å². The molecule has 94 valence electrons. The van der Waals surface area contributed by atoms with Crippen LogP contribution in [-0.2, 0) is 4.79 Å². The van der Waals surface area contributed by atoms with E-state index < -0.39 is 0 Å². The largest absolute Gasteiger partial charge is 0.497 e. The molecule has 2 N–H and O–H groups in total. The highest BCUT2D eigenvalue weighted by Gasteiger charge is 2.06. The van der Waals surface area contributed by atoms with E-state index in [0.717, 1.165) is 10.6 Å². The van der Waals surface area contributed by atoms with Crippen molar-refractivity contribution in [2.45, 2.75) is 17.9 Å². The lowest BCUT2D eigenvalue weighted by atomic mass is 10.3. The maximum absolute atomic E-state index is 11.4. The number of carbonyl (C=O) groups is 1. The van der Waals surface area contributed by atoms with Gasteiger partial charge in [-0.05, 0) is 31.2 Å². The molecule has 1 atom stereocenters. The number of carbonyl (C=O) groups excluding carboxylic acids is 1. The lowest BCUT2D eigenvalue weighted by molar-refractivity contribution is -0.119. The van der Waals surface area contributed by atoms with Gasteiger partial charge in [-0.15, -0.1) is 11.8 Å². The molecule has 0 spiro atoms. The minimum absolute atomic E-state index is 0.0427. The minimum Gasteiger partial charge on any atom is -0.497 e. The van der Waals surface area contributed by atoms with Crippen molar-refractivity contribution in [2.75, 3.05) is 19.5 Å². The molecule has 0 heterocycles. The first-order valence-electron chi connectivity index (χ1n) is 5.32. The maximum Gasteiger partial charge on any atom is 0.230 e. The van der Waals surface area contributed by atoms with Gasteiger partial charge in [-0.1, -0.05) is 0 Å². The molecule has 5 heteroatoms. The Kier molecular flexibility index (Phi) is 5.86. The van der Waals surface area contributed by atoms with Crippen LogP contribution in [-0.4, -0.2) is 36.5 Å². The average Bonchev–Trinajstić information content (AvgIpc) is 2.36. The van der Waals surface area contributed by atoms with Crippen molar-refractivity contribution in [3.05, 3.63) is 24.3 Å². The van der Waals surface area contributed by atoms with Gasteiger partial charge < -0.3 is 15.2 Å². The summed E-state index contributed by atoms with van der Waals surface area (Å²) in [5, 5.41) is 11.5. The molecule has 0 saturated heterocycles. The topological polar surface area (TPSA) is 58.6 Å². The van der Waals surface area contributed by atoms with Gasteiger partial charge in [-0.25, -0.2) is 0 Å². The lowest BCUT2D eigenvalue weighted by Crippen LogP contribution is -2.36. The third kappa shape index (κ3) is 5.10. The van der Waals surface area contributed by atoms with Crippen molar-refractivity contribution in [1.29, 1.82) is 0 Å². The summed E-state index contributed by atoms with van der Waals surface area (Å²) in [4.78, 5) is 12.5. The van der Waals surface area contributed by atoms with E-state index in [2.05, 4.69) is 5.32 Å². The van der Waals surface area contributed by atoms with E-state index in [-0.39, 0.29) is 18.6 Å². The number of hydrogen-bond donors (Lipinski definition) is 2. The Morgan fingerprint density at radius 2 is 2.12 bits per heavy atom. The SMILES string of the molecule is COc1ccc(SCC(=O)NC(C)CO)cc1.